The van der Waals surface area contributed by atoms with Crippen LogP contribution in [0.4, 0.5) is 0 Å². The molecule has 0 fully saturated rings. The van der Waals surface area contributed by atoms with Crippen molar-refractivity contribution in [1.29, 1.82) is 0 Å². The fourth-order valence-electron chi connectivity index (χ4n) is 1.86. The number of ether oxygens (including phenoxy) is 2. The molecule has 1 atom stereocenters. The third kappa shape index (κ3) is 3.39. The Bertz CT molecular complexity index is 576. The molecule has 2 aromatic rings. The summed E-state index contributed by atoms with van der Waals surface area (Å²) >= 11 is 4.02. The zero-order valence-corrected chi connectivity index (χ0v) is 14.5. The molecule has 5 nitrogen and oxygen atoms in total. The van der Waals surface area contributed by atoms with E-state index in [1.807, 2.05) is 0 Å². The van der Waals surface area contributed by atoms with Gasteiger partial charge in [0.1, 0.15) is 5.69 Å². The number of rotatable bonds is 6. The molecule has 0 bridgehead atoms. The molecule has 1 N–H and O–H groups in total. The molecule has 108 valence electrons. The molecular weight excluding hydrogens is 389 g/mol. The summed E-state index contributed by atoms with van der Waals surface area (Å²) in [7, 11) is 3.15. The van der Waals surface area contributed by atoms with Gasteiger partial charge < -0.3 is 14.8 Å². The van der Waals surface area contributed by atoms with Crippen LogP contribution in [0.3, 0.4) is 0 Å². The normalized spacial score (nSPS) is 12.2. The molecule has 1 unspecified atom stereocenters. The Labute approximate surface area is 135 Å². The third-order valence-corrected chi connectivity index (χ3v) is 4.56. The van der Waals surface area contributed by atoms with Gasteiger partial charge in [-0.25, -0.2) is 4.98 Å². The minimum atomic E-state index is -0.0341. The number of nitrogens with one attached hydrogen (secondary N) is 1. The zero-order chi connectivity index (χ0) is 14.5. The number of hydrogen-bond acceptors (Lipinski definition) is 6. The molecule has 0 aliphatic heterocycles. The summed E-state index contributed by atoms with van der Waals surface area (Å²) in [6.45, 7) is 2.89. The number of halogens is 1. The van der Waals surface area contributed by atoms with Gasteiger partial charge in [0.25, 0.3) is 0 Å². The monoisotopic (exact) mass is 405 g/mol. The molecular formula is C13H16IN3O2S. The highest BCUT2D eigenvalue weighted by molar-refractivity contribution is 14.1. The minimum absolute atomic E-state index is 0.0341. The predicted molar refractivity (Wildman–Crippen MR) is 87.7 cm³/mol. The summed E-state index contributed by atoms with van der Waals surface area (Å²) in [5.74, 6) is 0.928. The summed E-state index contributed by atoms with van der Waals surface area (Å²) in [5.41, 5.74) is 1.93. The number of methoxy groups -OCH3 is 2. The first-order valence-corrected chi connectivity index (χ1v) is 8.07. The Kier molecular flexibility index (Phi) is 5.55. The quantitative estimate of drug-likeness (QED) is 0.750. The minimum Gasteiger partial charge on any atom is -0.480 e. The maximum absolute atomic E-state index is 5.35. The van der Waals surface area contributed by atoms with E-state index in [-0.39, 0.29) is 6.04 Å². The summed E-state index contributed by atoms with van der Waals surface area (Å²) in [5, 5.41) is 5.55. The molecule has 2 rings (SSSR count). The number of hydrogen-bond donors (Lipinski definition) is 1. The maximum atomic E-state index is 5.35. The van der Waals surface area contributed by atoms with Crippen LogP contribution in [0.15, 0.2) is 17.6 Å². The Morgan fingerprint density at radius 2 is 2.20 bits per heavy atom. The van der Waals surface area contributed by atoms with Gasteiger partial charge in [0.15, 0.2) is 0 Å². The van der Waals surface area contributed by atoms with Gasteiger partial charge in [0.2, 0.25) is 11.8 Å². The molecule has 0 radical (unpaired) electrons. The van der Waals surface area contributed by atoms with Gasteiger partial charge in [0, 0.05) is 0 Å². The fraction of sp³-hybridized carbons (Fsp3) is 0.385. The third-order valence-electron chi connectivity index (χ3n) is 2.75. The van der Waals surface area contributed by atoms with Gasteiger partial charge in [-0.3, -0.25) is 0 Å². The van der Waals surface area contributed by atoms with Crippen LogP contribution in [0.1, 0.15) is 24.2 Å². The Hall–Kier alpha value is -0.930. The molecule has 7 heteroatoms. The van der Waals surface area contributed by atoms with E-state index in [0.717, 1.165) is 12.2 Å². The summed E-state index contributed by atoms with van der Waals surface area (Å²) in [6.07, 6.45) is 1.61. The molecule has 2 aromatic heterocycles. The molecule has 0 aliphatic rings. The average molecular weight is 405 g/mol. The van der Waals surface area contributed by atoms with E-state index in [1.165, 1.54) is 8.45 Å². The van der Waals surface area contributed by atoms with E-state index in [0.29, 0.717) is 11.8 Å². The van der Waals surface area contributed by atoms with Gasteiger partial charge in [-0.15, -0.1) is 11.3 Å². The second-order valence-electron chi connectivity index (χ2n) is 3.98. The molecule has 0 aromatic carbocycles. The topological polar surface area (TPSA) is 56.3 Å². The van der Waals surface area contributed by atoms with E-state index in [4.69, 9.17) is 9.47 Å². The summed E-state index contributed by atoms with van der Waals surface area (Å²) in [6, 6.07) is 2.11. The van der Waals surface area contributed by atoms with Crippen LogP contribution >= 0.6 is 33.9 Å². The summed E-state index contributed by atoms with van der Waals surface area (Å²) in [4.78, 5) is 8.75. The van der Waals surface area contributed by atoms with E-state index in [2.05, 4.69) is 56.2 Å². The molecule has 0 saturated heterocycles. The molecule has 0 amide bonds. The van der Waals surface area contributed by atoms with E-state index < -0.39 is 0 Å². The van der Waals surface area contributed by atoms with Crippen molar-refractivity contribution in [3.05, 3.63) is 31.8 Å². The standard InChI is InChI=1S/C13H16IN3O2S/c1-4-15-11(8-5-9(14)20-7-8)12-13(19-3)17-10(18-2)6-16-12/h5-7,11,15H,4H2,1-3H3. The zero-order valence-electron chi connectivity index (χ0n) is 11.5. The van der Waals surface area contributed by atoms with Crippen molar-refractivity contribution in [3.63, 3.8) is 0 Å². The van der Waals surface area contributed by atoms with Crippen LogP contribution in [0, 0.1) is 2.88 Å². The van der Waals surface area contributed by atoms with Crippen LogP contribution in [0.2, 0.25) is 0 Å². The van der Waals surface area contributed by atoms with Crippen molar-refractivity contribution in [2.75, 3.05) is 20.8 Å². The fourth-order valence-corrected chi connectivity index (χ4v) is 3.26. The van der Waals surface area contributed by atoms with Crippen LogP contribution in [-0.4, -0.2) is 30.7 Å². The number of nitrogens with zero attached hydrogens (tertiary/aromatic N) is 2. The number of thiophene rings is 1. The summed E-state index contributed by atoms with van der Waals surface area (Å²) < 4.78 is 11.7. The van der Waals surface area contributed by atoms with Gasteiger partial charge in [-0.05, 0) is 46.1 Å². The van der Waals surface area contributed by atoms with Crippen LogP contribution in [-0.2, 0) is 0 Å². The van der Waals surface area contributed by atoms with Gasteiger partial charge >= 0.3 is 0 Å². The first-order valence-electron chi connectivity index (χ1n) is 6.11. The van der Waals surface area contributed by atoms with Gasteiger partial charge in [-0.2, -0.15) is 4.98 Å². The van der Waals surface area contributed by atoms with E-state index in [1.54, 1.807) is 31.8 Å². The second kappa shape index (κ2) is 7.19. The highest BCUT2D eigenvalue weighted by atomic mass is 127. The van der Waals surface area contributed by atoms with Gasteiger partial charge in [-0.1, -0.05) is 6.92 Å². The smallest absolute Gasteiger partial charge is 0.240 e. The van der Waals surface area contributed by atoms with Crippen molar-refractivity contribution >= 4 is 33.9 Å². The van der Waals surface area contributed by atoms with Crippen LogP contribution in [0.25, 0.3) is 0 Å². The lowest BCUT2D eigenvalue weighted by Gasteiger charge is -2.18. The van der Waals surface area contributed by atoms with Crippen molar-refractivity contribution in [3.8, 4) is 11.8 Å². The molecule has 0 saturated carbocycles. The van der Waals surface area contributed by atoms with Gasteiger partial charge in [0.05, 0.1) is 29.3 Å². The lowest BCUT2D eigenvalue weighted by atomic mass is 10.1. The molecule has 0 spiro atoms. The lowest BCUT2D eigenvalue weighted by molar-refractivity contribution is 0.352. The Morgan fingerprint density at radius 3 is 2.75 bits per heavy atom. The van der Waals surface area contributed by atoms with Crippen molar-refractivity contribution in [2.45, 2.75) is 13.0 Å². The Morgan fingerprint density at radius 1 is 1.40 bits per heavy atom. The largest absolute Gasteiger partial charge is 0.480 e. The van der Waals surface area contributed by atoms with E-state index in [9.17, 15) is 0 Å². The highest BCUT2D eigenvalue weighted by Crippen LogP contribution is 2.31. The van der Waals surface area contributed by atoms with Crippen LogP contribution in [0.5, 0.6) is 11.8 Å². The average Bonchev–Trinajstić information content (AvgIpc) is 2.90. The molecule has 20 heavy (non-hydrogen) atoms. The second-order valence-corrected chi connectivity index (χ2v) is 6.79. The van der Waals surface area contributed by atoms with Crippen LogP contribution < -0.4 is 14.8 Å². The molecule has 2 heterocycles. The maximum Gasteiger partial charge on any atom is 0.240 e. The van der Waals surface area contributed by atoms with E-state index >= 15 is 0 Å². The first kappa shape index (κ1) is 15.5. The van der Waals surface area contributed by atoms with Crippen molar-refractivity contribution in [1.82, 2.24) is 15.3 Å². The highest BCUT2D eigenvalue weighted by Gasteiger charge is 2.22. The van der Waals surface area contributed by atoms with Crippen molar-refractivity contribution in [2.24, 2.45) is 0 Å². The van der Waals surface area contributed by atoms with Crippen molar-refractivity contribution < 1.29 is 9.47 Å². The lowest BCUT2D eigenvalue weighted by Crippen LogP contribution is -2.23. The predicted octanol–water partition coefficient (Wildman–Crippen LogP) is 2.86. The number of aromatic nitrogens is 2. The molecule has 0 aliphatic carbocycles. The first-order chi connectivity index (χ1) is 9.69. The SMILES string of the molecule is CCNC(c1csc(I)c1)c1ncc(OC)nc1OC. The Balaban J connectivity index is 2.43.